The van der Waals surface area contributed by atoms with Crippen molar-refractivity contribution in [2.75, 3.05) is 0 Å². The lowest BCUT2D eigenvalue weighted by atomic mass is 9.98. The SMILES string of the molecule is Cc1ccc(C)c(C(=O)CCC(=O)NC(c2ccccc2)C2CC2)c1. The molecule has 0 radical (unpaired) electrons. The van der Waals surface area contributed by atoms with Crippen molar-refractivity contribution in [1.82, 2.24) is 5.32 Å². The predicted octanol–water partition coefficient (Wildman–Crippen LogP) is 4.53. The summed E-state index contributed by atoms with van der Waals surface area (Å²) in [5, 5.41) is 3.14. The molecular formula is C22H25NO2. The predicted molar refractivity (Wildman–Crippen MR) is 99.5 cm³/mol. The fourth-order valence-corrected chi connectivity index (χ4v) is 3.21. The molecule has 1 atom stereocenters. The molecule has 1 unspecified atom stereocenters. The molecule has 2 aromatic rings. The first kappa shape index (κ1) is 17.4. The fraction of sp³-hybridized carbons (Fsp3) is 0.364. The zero-order valence-corrected chi connectivity index (χ0v) is 14.9. The third-order valence-electron chi connectivity index (χ3n) is 4.84. The van der Waals surface area contributed by atoms with Gasteiger partial charge in [-0.05, 0) is 49.8 Å². The van der Waals surface area contributed by atoms with E-state index in [1.165, 1.54) is 0 Å². The van der Waals surface area contributed by atoms with Crippen LogP contribution in [0.3, 0.4) is 0 Å². The van der Waals surface area contributed by atoms with Crippen LogP contribution in [0.25, 0.3) is 0 Å². The first-order chi connectivity index (χ1) is 12.0. The van der Waals surface area contributed by atoms with Gasteiger partial charge in [-0.3, -0.25) is 9.59 Å². The number of nitrogens with one attached hydrogen (secondary N) is 1. The van der Waals surface area contributed by atoms with Crippen molar-refractivity contribution in [3.63, 3.8) is 0 Å². The van der Waals surface area contributed by atoms with Gasteiger partial charge in [0.2, 0.25) is 5.91 Å². The highest BCUT2D eigenvalue weighted by molar-refractivity contribution is 5.99. The standard InChI is InChI=1S/C22H25NO2/c1-15-8-9-16(2)19(14-15)20(24)12-13-21(25)23-22(18-10-11-18)17-6-4-3-5-7-17/h3-9,14,18,22H,10-13H2,1-2H3,(H,23,25). The van der Waals surface area contributed by atoms with Gasteiger partial charge in [0, 0.05) is 18.4 Å². The van der Waals surface area contributed by atoms with E-state index in [2.05, 4.69) is 17.4 Å². The van der Waals surface area contributed by atoms with Gasteiger partial charge in [-0.25, -0.2) is 0 Å². The highest BCUT2D eigenvalue weighted by atomic mass is 16.2. The Hall–Kier alpha value is -2.42. The Kier molecular flexibility index (Phi) is 5.32. The Morgan fingerprint density at radius 3 is 2.44 bits per heavy atom. The molecule has 0 aromatic heterocycles. The van der Waals surface area contributed by atoms with Crippen molar-refractivity contribution in [2.24, 2.45) is 5.92 Å². The fourth-order valence-electron chi connectivity index (χ4n) is 3.21. The van der Waals surface area contributed by atoms with Crippen LogP contribution >= 0.6 is 0 Å². The largest absolute Gasteiger partial charge is 0.349 e. The van der Waals surface area contributed by atoms with Crippen LogP contribution in [-0.4, -0.2) is 11.7 Å². The van der Waals surface area contributed by atoms with Gasteiger partial charge >= 0.3 is 0 Å². The van der Waals surface area contributed by atoms with E-state index in [0.29, 0.717) is 5.92 Å². The van der Waals surface area contributed by atoms with E-state index >= 15 is 0 Å². The summed E-state index contributed by atoms with van der Waals surface area (Å²) in [6.45, 7) is 3.91. The molecule has 3 nitrogen and oxygen atoms in total. The summed E-state index contributed by atoms with van der Waals surface area (Å²) in [6.07, 6.45) is 2.80. The molecule has 1 N–H and O–H groups in total. The molecule has 3 rings (SSSR count). The Balaban J connectivity index is 1.58. The maximum absolute atomic E-state index is 12.4. The summed E-state index contributed by atoms with van der Waals surface area (Å²) in [4.78, 5) is 24.8. The van der Waals surface area contributed by atoms with Crippen molar-refractivity contribution in [1.29, 1.82) is 0 Å². The Labute approximate surface area is 149 Å². The normalized spacial score (nSPS) is 14.8. The van der Waals surface area contributed by atoms with Crippen LogP contribution < -0.4 is 5.32 Å². The zero-order valence-electron chi connectivity index (χ0n) is 14.9. The van der Waals surface area contributed by atoms with E-state index in [0.717, 1.165) is 35.1 Å². The maximum Gasteiger partial charge on any atom is 0.220 e. The Morgan fingerprint density at radius 2 is 1.76 bits per heavy atom. The molecule has 1 aliphatic carbocycles. The number of aryl methyl sites for hydroxylation is 2. The monoisotopic (exact) mass is 335 g/mol. The summed E-state index contributed by atoms with van der Waals surface area (Å²) in [7, 11) is 0. The smallest absolute Gasteiger partial charge is 0.220 e. The topological polar surface area (TPSA) is 46.2 Å². The molecule has 1 aliphatic rings. The lowest BCUT2D eigenvalue weighted by Crippen LogP contribution is -2.30. The number of hydrogen-bond donors (Lipinski definition) is 1. The molecule has 25 heavy (non-hydrogen) atoms. The number of benzene rings is 2. The van der Waals surface area contributed by atoms with E-state index in [9.17, 15) is 9.59 Å². The summed E-state index contributed by atoms with van der Waals surface area (Å²) in [5.41, 5.74) is 3.92. The summed E-state index contributed by atoms with van der Waals surface area (Å²) in [6, 6.07) is 16.0. The van der Waals surface area contributed by atoms with Gasteiger partial charge in [-0.15, -0.1) is 0 Å². The molecule has 2 aromatic carbocycles. The number of hydrogen-bond acceptors (Lipinski definition) is 2. The van der Waals surface area contributed by atoms with Crippen molar-refractivity contribution in [3.05, 3.63) is 70.8 Å². The molecule has 0 heterocycles. The molecule has 0 spiro atoms. The van der Waals surface area contributed by atoms with Crippen LogP contribution in [0.1, 0.15) is 58.8 Å². The van der Waals surface area contributed by atoms with Gasteiger partial charge in [-0.2, -0.15) is 0 Å². The van der Waals surface area contributed by atoms with Crippen molar-refractivity contribution >= 4 is 11.7 Å². The lowest BCUT2D eigenvalue weighted by Gasteiger charge is -2.18. The van der Waals surface area contributed by atoms with Crippen molar-refractivity contribution in [3.8, 4) is 0 Å². The van der Waals surface area contributed by atoms with E-state index in [4.69, 9.17) is 0 Å². The Bertz CT molecular complexity index is 763. The number of ketones is 1. The van der Waals surface area contributed by atoms with Gasteiger partial charge in [0.15, 0.2) is 5.78 Å². The van der Waals surface area contributed by atoms with E-state index in [1.54, 1.807) is 0 Å². The van der Waals surface area contributed by atoms with Gasteiger partial charge in [-0.1, -0.05) is 48.0 Å². The minimum absolute atomic E-state index is 0.0408. The molecule has 1 saturated carbocycles. The quantitative estimate of drug-likeness (QED) is 0.755. The van der Waals surface area contributed by atoms with Gasteiger partial charge in [0.05, 0.1) is 6.04 Å². The third kappa shape index (κ3) is 4.56. The molecular weight excluding hydrogens is 310 g/mol. The number of rotatable bonds is 7. The second-order valence-electron chi connectivity index (χ2n) is 7.03. The number of amides is 1. The molecule has 3 heteroatoms. The Morgan fingerprint density at radius 1 is 1.04 bits per heavy atom. The van der Waals surface area contributed by atoms with Crippen molar-refractivity contribution in [2.45, 2.75) is 45.6 Å². The highest BCUT2D eigenvalue weighted by Crippen LogP contribution is 2.40. The molecule has 1 amide bonds. The highest BCUT2D eigenvalue weighted by Gasteiger charge is 2.33. The molecule has 1 fully saturated rings. The first-order valence-electron chi connectivity index (χ1n) is 8.99. The van der Waals surface area contributed by atoms with E-state index in [-0.39, 0.29) is 30.6 Å². The lowest BCUT2D eigenvalue weighted by molar-refractivity contribution is -0.122. The van der Waals surface area contributed by atoms with Gasteiger partial charge in [0.25, 0.3) is 0 Å². The minimum Gasteiger partial charge on any atom is -0.349 e. The first-order valence-corrected chi connectivity index (χ1v) is 8.99. The molecule has 0 saturated heterocycles. The van der Waals surface area contributed by atoms with Crippen LogP contribution in [0, 0.1) is 19.8 Å². The van der Waals surface area contributed by atoms with Gasteiger partial charge in [0.1, 0.15) is 0 Å². The number of carbonyl (C=O) groups excluding carboxylic acids is 2. The zero-order chi connectivity index (χ0) is 17.8. The second-order valence-corrected chi connectivity index (χ2v) is 7.03. The van der Waals surface area contributed by atoms with Crippen LogP contribution in [0.2, 0.25) is 0 Å². The summed E-state index contributed by atoms with van der Waals surface area (Å²) < 4.78 is 0. The number of Topliss-reactive ketones (excluding diaryl/α,β-unsaturated/α-hetero) is 1. The molecule has 0 bridgehead atoms. The van der Waals surface area contributed by atoms with Crippen LogP contribution in [0.4, 0.5) is 0 Å². The summed E-state index contributed by atoms with van der Waals surface area (Å²) in [5.74, 6) is 0.527. The van der Waals surface area contributed by atoms with Gasteiger partial charge < -0.3 is 5.32 Å². The average Bonchev–Trinajstić information content (AvgIpc) is 3.45. The average molecular weight is 335 g/mol. The van der Waals surface area contributed by atoms with E-state index < -0.39 is 0 Å². The maximum atomic E-state index is 12.4. The van der Waals surface area contributed by atoms with Crippen molar-refractivity contribution < 1.29 is 9.59 Å². The molecule has 0 aliphatic heterocycles. The van der Waals surface area contributed by atoms with E-state index in [1.807, 2.05) is 50.2 Å². The number of carbonyl (C=O) groups is 2. The third-order valence-corrected chi connectivity index (χ3v) is 4.84. The second kappa shape index (κ2) is 7.64. The van der Waals surface area contributed by atoms with Crippen LogP contribution in [-0.2, 0) is 4.79 Å². The van der Waals surface area contributed by atoms with Crippen LogP contribution in [0.15, 0.2) is 48.5 Å². The summed E-state index contributed by atoms with van der Waals surface area (Å²) >= 11 is 0. The molecule has 130 valence electrons. The minimum atomic E-state index is -0.0422. The van der Waals surface area contributed by atoms with Crippen LogP contribution in [0.5, 0.6) is 0 Å².